The van der Waals surface area contributed by atoms with Crippen LogP contribution >= 0.6 is 0 Å². The van der Waals surface area contributed by atoms with Crippen LogP contribution in [0.25, 0.3) is 0 Å². The second kappa shape index (κ2) is 4.66. The molecule has 1 unspecified atom stereocenters. The lowest BCUT2D eigenvalue weighted by atomic mass is 10.1. The molecule has 1 aliphatic rings. The van der Waals surface area contributed by atoms with Crippen molar-refractivity contribution < 1.29 is 9.59 Å². The molecule has 0 spiro atoms. The molecule has 0 bridgehead atoms. The van der Waals surface area contributed by atoms with Gasteiger partial charge in [-0.3, -0.25) is 9.59 Å². The van der Waals surface area contributed by atoms with E-state index in [2.05, 4.69) is 17.2 Å². The third-order valence-corrected chi connectivity index (χ3v) is 2.18. The highest BCUT2D eigenvalue weighted by atomic mass is 16.1. The van der Waals surface area contributed by atoms with E-state index in [1.165, 1.54) is 0 Å². The summed E-state index contributed by atoms with van der Waals surface area (Å²) in [5.41, 5.74) is 0. The van der Waals surface area contributed by atoms with E-state index < -0.39 is 0 Å². The molecule has 13 heavy (non-hydrogen) atoms. The molecule has 1 aliphatic carbocycles. The first-order valence-corrected chi connectivity index (χ1v) is 4.47. The van der Waals surface area contributed by atoms with E-state index in [9.17, 15) is 9.59 Å². The second-order valence-corrected chi connectivity index (χ2v) is 3.14. The molecule has 0 heterocycles. The van der Waals surface area contributed by atoms with Crippen LogP contribution in [0.3, 0.4) is 0 Å². The normalized spacial score (nSPS) is 20.7. The summed E-state index contributed by atoms with van der Waals surface area (Å²) in [6.07, 6.45) is 2.53. The Hall–Kier alpha value is -1.30. The molecule has 0 aromatic rings. The summed E-state index contributed by atoms with van der Waals surface area (Å²) in [7, 11) is 0. The first-order valence-electron chi connectivity index (χ1n) is 4.47. The number of hydrogen-bond donors (Lipinski definition) is 1. The molecule has 3 heteroatoms. The van der Waals surface area contributed by atoms with Gasteiger partial charge >= 0.3 is 0 Å². The van der Waals surface area contributed by atoms with Crippen LogP contribution in [-0.2, 0) is 9.59 Å². The van der Waals surface area contributed by atoms with Gasteiger partial charge in [-0.1, -0.05) is 5.92 Å². The molecule has 1 atom stereocenters. The molecule has 1 fully saturated rings. The summed E-state index contributed by atoms with van der Waals surface area (Å²) in [6.45, 7) is 2.06. The molecule has 0 aromatic carbocycles. The Morgan fingerprint density at radius 3 is 3.00 bits per heavy atom. The zero-order valence-electron chi connectivity index (χ0n) is 7.72. The molecule has 1 amide bonds. The van der Waals surface area contributed by atoms with E-state index in [0.717, 1.165) is 12.8 Å². The Balaban J connectivity index is 2.28. The highest BCUT2D eigenvalue weighted by Crippen LogP contribution is 2.19. The number of amides is 1. The quantitative estimate of drug-likeness (QED) is 0.627. The lowest BCUT2D eigenvalue weighted by molar-refractivity contribution is -0.121. The molecular weight excluding hydrogens is 166 g/mol. The van der Waals surface area contributed by atoms with Crippen molar-refractivity contribution in [1.29, 1.82) is 0 Å². The Morgan fingerprint density at radius 1 is 1.69 bits per heavy atom. The fourth-order valence-corrected chi connectivity index (χ4v) is 1.48. The van der Waals surface area contributed by atoms with Crippen LogP contribution in [0.15, 0.2) is 0 Å². The highest BCUT2D eigenvalue weighted by Gasteiger charge is 2.24. The number of carbonyl (C=O) groups excluding carboxylic acids is 2. The molecule has 0 radical (unpaired) electrons. The predicted octanol–water partition coefficient (Wildman–Crippen LogP) is 0.495. The van der Waals surface area contributed by atoms with Crippen molar-refractivity contribution in [3.63, 3.8) is 0 Å². The number of hydrogen-bond acceptors (Lipinski definition) is 2. The Labute approximate surface area is 77.9 Å². The molecule has 0 aromatic heterocycles. The molecule has 1 rings (SSSR count). The summed E-state index contributed by atoms with van der Waals surface area (Å²) >= 11 is 0. The van der Waals surface area contributed by atoms with Gasteiger partial charge in [0.1, 0.15) is 5.78 Å². The average molecular weight is 179 g/mol. The van der Waals surface area contributed by atoms with Gasteiger partial charge in [-0.25, -0.2) is 0 Å². The van der Waals surface area contributed by atoms with Crippen LogP contribution in [0.1, 0.15) is 26.2 Å². The molecule has 1 saturated carbocycles. The van der Waals surface area contributed by atoms with Gasteiger partial charge in [0.05, 0.1) is 0 Å². The van der Waals surface area contributed by atoms with Gasteiger partial charge in [0.2, 0.25) is 0 Å². The minimum absolute atomic E-state index is 0.0302. The second-order valence-electron chi connectivity index (χ2n) is 3.14. The first kappa shape index (κ1) is 9.79. The average Bonchev–Trinajstić information content (AvgIpc) is 2.48. The van der Waals surface area contributed by atoms with Crippen molar-refractivity contribution in [2.75, 3.05) is 6.54 Å². The monoisotopic (exact) mass is 179 g/mol. The molecule has 0 aliphatic heterocycles. The van der Waals surface area contributed by atoms with E-state index in [1.54, 1.807) is 6.92 Å². The summed E-state index contributed by atoms with van der Waals surface area (Å²) in [5, 5.41) is 2.62. The summed E-state index contributed by atoms with van der Waals surface area (Å²) in [4.78, 5) is 22.1. The number of ketones is 1. The molecule has 70 valence electrons. The lowest BCUT2D eigenvalue weighted by Crippen LogP contribution is -2.29. The van der Waals surface area contributed by atoms with Crippen molar-refractivity contribution in [3.05, 3.63) is 0 Å². The number of nitrogens with one attached hydrogen (secondary N) is 1. The van der Waals surface area contributed by atoms with Gasteiger partial charge in [-0.05, 0) is 25.7 Å². The third kappa shape index (κ3) is 2.90. The SMILES string of the molecule is CC#CC(=O)NCC1CCCC1=O. The fourth-order valence-electron chi connectivity index (χ4n) is 1.48. The van der Waals surface area contributed by atoms with Gasteiger partial charge in [-0.15, -0.1) is 0 Å². The molecule has 3 nitrogen and oxygen atoms in total. The minimum atomic E-state index is -0.290. The topological polar surface area (TPSA) is 46.2 Å². The third-order valence-electron chi connectivity index (χ3n) is 2.18. The van der Waals surface area contributed by atoms with Crippen LogP contribution in [0, 0.1) is 17.8 Å². The number of rotatable bonds is 2. The van der Waals surface area contributed by atoms with Gasteiger partial charge in [0, 0.05) is 18.9 Å². The summed E-state index contributed by atoms with van der Waals surface area (Å²) in [6, 6.07) is 0. The lowest BCUT2D eigenvalue weighted by Gasteiger charge is -2.06. The molecule has 1 N–H and O–H groups in total. The van der Waals surface area contributed by atoms with E-state index in [0.29, 0.717) is 13.0 Å². The van der Waals surface area contributed by atoms with Crippen molar-refractivity contribution in [2.24, 2.45) is 5.92 Å². The highest BCUT2D eigenvalue weighted by molar-refractivity contribution is 5.93. The molecule has 0 saturated heterocycles. The zero-order valence-corrected chi connectivity index (χ0v) is 7.72. The van der Waals surface area contributed by atoms with Gasteiger partial charge in [0.25, 0.3) is 5.91 Å². The largest absolute Gasteiger partial charge is 0.345 e. The Bertz CT molecular complexity index is 272. The van der Waals surface area contributed by atoms with Gasteiger partial charge < -0.3 is 5.32 Å². The van der Waals surface area contributed by atoms with Crippen LogP contribution in [0.2, 0.25) is 0 Å². The maximum Gasteiger partial charge on any atom is 0.295 e. The summed E-state index contributed by atoms with van der Waals surface area (Å²) < 4.78 is 0. The van der Waals surface area contributed by atoms with Crippen molar-refractivity contribution >= 4 is 11.7 Å². The van der Waals surface area contributed by atoms with Crippen molar-refractivity contribution in [2.45, 2.75) is 26.2 Å². The van der Waals surface area contributed by atoms with E-state index in [-0.39, 0.29) is 17.6 Å². The van der Waals surface area contributed by atoms with Crippen LogP contribution in [0.5, 0.6) is 0 Å². The number of carbonyl (C=O) groups is 2. The summed E-state index contributed by atoms with van der Waals surface area (Å²) in [5.74, 6) is 4.89. The van der Waals surface area contributed by atoms with Gasteiger partial charge in [0.15, 0.2) is 0 Å². The van der Waals surface area contributed by atoms with E-state index in [1.807, 2.05) is 0 Å². The Morgan fingerprint density at radius 2 is 2.46 bits per heavy atom. The van der Waals surface area contributed by atoms with Crippen LogP contribution < -0.4 is 5.32 Å². The zero-order chi connectivity index (χ0) is 9.68. The van der Waals surface area contributed by atoms with E-state index >= 15 is 0 Å². The standard InChI is InChI=1S/C10H13NO2/c1-2-4-10(13)11-7-8-5-3-6-9(8)12/h8H,3,5-7H2,1H3,(H,11,13). The van der Waals surface area contributed by atoms with Crippen LogP contribution in [0.4, 0.5) is 0 Å². The Kier molecular flexibility index (Phi) is 3.51. The predicted molar refractivity (Wildman–Crippen MR) is 48.8 cm³/mol. The maximum atomic E-state index is 11.2. The van der Waals surface area contributed by atoms with Crippen molar-refractivity contribution in [3.8, 4) is 11.8 Å². The fraction of sp³-hybridized carbons (Fsp3) is 0.600. The molecular formula is C10H13NO2. The maximum absolute atomic E-state index is 11.2. The van der Waals surface area contributed by atoms with E-state index in [4.69, 9.17) is 0 Å². The minimum Gasteiger partial charge on any atom is -0.345 e. The van der Waals surface area contributed by atoms with Crippen LogP contribution in [-0.4, -0.2) is 18.2 Å². The van der Waals surface area contributed by atoms with Gasteiger partial charge in [-0.2, -0.15) is 0 Å². The smallest absolute Gasteiger partial charge is 0.295 e. The van der Waals surface area contributed by atoms with Crippen molar-refractivity contribution in [1.82, 2.24) is 5.32 Å². The first-order chi connectivity index (χ1) is 6.24. The number of Topliss-reactive ketones (excluding diaryl/α,β-unsaturated/α-hetero) is 1.